The number of benzene rings is 1. The number of carboxylic acid groups (broad SMARTS) is 1. The molecule has 230 valence electrons. The molecule has 1 fully saturated rings. The molecule has 2 aromatic heterocycles. The number of rotatable bonds is 7. The molecule has 1 saturated heterocycles. The zero-order valence-electron chi connectivity index (χ0n) is 23.2. The molecule has 0 bridgehead atoms. The van der Waals surface area contributed by atoms with E-state index in [1.165, 1.54) is 41.3 Å². The molecule has 16 heteroatoms. The summed E-state index contributed by atoms with van der Waals surface area (Å²) < 4.78 is 39.7. The van der Waals surface area contributed by atoms with Crippen molar-refractivity contribution in [2.24, 2.45) is 0 Å². The minimum atomic E-state index is -4.61. The Morgan fingerprint density at radius 1 is 0.907 bits per heavy atom. The van der Waals surface area contributed by atoms with Crippen LogP contribution in [0.5, 0.6) is 0 Å². The fraction of sp³-hybridized carbons (Fsp3) is 0.370. The van der Waals surface area contributed by atoms with E-state index in [2.05, 4.69) is 25.7 Å². The van der Waals surface area contributed by atoms with E-state index in [-0.39, 0.29) is 35.2 Å². The van der Waals surface area contributed by atoms with Crippen LogP contribution in [0.25, 0.3) is 0 Å². The van der Waals surface area contributed by atoms with Crippen LogP contribution in [-0.2, 0) is 6.18 Å². The number of carboxylic acids is 1. The van der Waals surface area contributed by atoms with Crippen LogP contribution in [0.2, 0.25) is 5.15 Å². The standard InChI is InChI=1S/C22H26F3N5O3.C5H3ClN2O2/c1-21(2,33)9-10-26-19(31)17-7-8-18(28-27-17)29-11-13-30(14-12-29)20(32)15-5-3-4-6-16(15)22(23,24)25;6-4-2-1-3(5(9)10)7-8-4/h3-8,33H,9-14H2,1-2H3,(H,26,31);1-2H,(H,9,10). The van der Waals surface area contributed by atoms with Crippen molar-refractivity contribution in [1.29, 1.82) is 0 Å². The molecular weight excluding hydrogens is 595 g/mol. The predicted octanol–water partition coefficient (Wildman–Crippen LogP) is 3.18. The predicted molar refractivity (Wildman–Crippen MR) is 149 cm³/mol. The first kappa shape index (κ1) is 33.1. The summed E-state index contributed by atoms with van der Waals surface area (Å²) in [5.41, 5.74) is -2.17. The minimum absolute atomic E-state index is 0.107. The van der Waals surface area contributed by atoms with E-state index in [1.54, 1.807) is 19.9 Å². The Labute approximate surface area is 249 Å². The number of carbonyl (C=O) groups is 3. The van der Waals surface area contributed by atoms with Crippen LogP contribution < -0.4 is 10.2 Å². The number of hydrogen-bond donors (Lipinski definition) is 3. The van der Waals surface area contributed by atoms with Crippen molar-refractivity contribution >= 4 is 35.2 Å². The second-order valence-corrected chi connectivity index (χ2v) is 10.4. The average molecular weight is 624 g/mol. The van der Waals surface area contributed by atoms with E-state index in [1.807, 2.05) is 4.90 Å². The topological polar surface area (TPSA) is 162 Å². The number of alkyl halides is 3. The van der Waals surface area contributed by atoms with Gasteiger partial charge < -0.3 is 25.3 Å². The van der Waals surface area contributed by atoms with Crippen LogP contribution in [0.4, 0.5) is 19.0 Å². The summed E-state index contributed by atoms with van der Waals surface area (Å²) in [7, 11) is 0. The Balaban J connectivity index is 0.000000428. The van der Waals surface area contributed by atoms with E-state index in [0.717, 1.165) is 6.07 Å². The second-order valence-electron chi connectivity index (χ2n) is 9.96. The number of piperazine rings is 1. The van der Waals surface area contributed by atoms with Gasteiger partial charge in [-0.2, -0.15) is 13.2 Å². The number of nitrogens with zero attached hydrogens (tertiary/aromatic N) is 6. The van der Waals surface area contributed by atoms with Crippen LogP contribution >= 0.6 is 11.6 Å². The van der Waals surface area contributed by atoms with Crippen molar-refractivity contribution in [1.82, 2.24) is 30.6 Å². The van der Waals surface area contributed by atoms with Gasteiger partial charge in [0.15, 0.2) is 22.4 Å². The lowest BCUT2D eigenvalue weighted by Gasteiger charge is -2.35. The maximum atomic E-state index is 13.2. The molecule has 3 aromatic rings. The SMILES string of the molecule is CC(C)(O)CCNC(=O)c1ccc(N2CCN(C(=O)c3ccccc3C(F)(F)F)CC2)nn1.O=C(O)c1ccc(Cl)nn1. The molecule has 1 aromatic carbocycles. The van der Waals surface area contributed by atoms with Gasteiger partial charge in [-0.05, 0) is 56.7 Å². The minimum Gasteiger partial charge on any atom is -0.476 e. The first-order chi connectivity index (χ1) is 20.2. The van der Waals surface area contributed by atoms with Gasteiger partial charge >= 0.3 is 12.1 Å². The molecule has 2 amide bonds. The molecule has 43 heavy (non-hydrogen) atoms. The Hall–Kier alpha value is -4.37. The third-order valence-corrected chi connectivity index (χ3v) is 6.31. The average Bonchev–Trinajstić information content (AvgIpc) is 2.96. The number of aromatic nitrogens is 4. The van der Waals surface area contributed by atoms with E-state index < -0.39 is 35.1 Å². The normalized spacial score (nSPS) is 13.6. The number of nitrogens with one attached hydrogen (secondary N) is 1. The molecule has 3 heterocycles. The highest BCUT2D eigenvalue weighted by molar-refractivity contribution is 6.29. The van der Waals surface area contributed by atoms with Gasteiger partial charge in [-0.25, -0.2) is 4.79 Å². The summed E-state index contributed by atoms with van der Waals surface area (Å²) >= 11 is 5.35. The van der Waals surface area contributed by atoms with Crippen molar-refractivity contribution in [2.75, 3.05) is 37.6 Å². The Bertz CT molecular complexity index is 1410. The first-order valence-electron chi connectivity index (χ1n) is 12.9. The lowest BCUT2D eigenvalue weighted by Crippen LogP contribution is -2.49. The number of anilines is 1. The number of amides is 2. The number of aromatic carboxylic acids is 1. The van der Waals surface area contributed by atoms with Crippen LogP contribution in [0, 0.1) is 0 Å². The maximum Gasteiger partial charge on any atom is 0.417 e. The van der Waals surface area contributed by atoms with Crippen molar-refractivity contribution in [3.05, 3.63) is 76.2 Å². The molecule has 4 rings (SSSR count). The summed E-state index contributed by atoms with van der Waals surface area (Å²) in [4.78, 5) is 38.2. The van der Waals surface area contributed by atoms with Gasteiger partial charge in [0.25, 0.3) is 11.8 Å². The van der Waals surface area contributed by atoms with Gasteiger partial charge in [-0.15, -0.1) is 20.4 Å². The van der Waals surface area contributed by atoms with E-state index in [0.29, 0.717) is 31.9 Å². The lowest BCUT2D eigenvalue weighted by atomic mass is 10.1. The largest absolute Gasteiger partial charge is 0.476 e. The monoisotopic (exact) mass is 623 g/mol. The number of carbonyl (C=O) groups excluding carboxylic acids is 2. The highest BCUT2D eigenvalue weighted by Gasteiger charge is 2.36. The van der Waals surface area contributed by atoms with Gasteiger partial charge in [-0.1, -0.05) is 23.7 Å². The molecule has 3 N–H and O–H groups in total. The zero-order chi connectivity index (χ0) is 31.8. The van der Waals surface area contributed by atoms with Crippen molar-refractivity contribution in [3.63, 3.8) is 0 Å². The van der Waals surface area contributed by atoms with Crippen molar-refractivity contribution in [3.8, 4) is 0 Å². The Morgan fingerprint density at radius 2 is 1.53 bits per heavy atom. The number of hydrogen-bond acceptors (Lipinski definition) is 9. The third-order valence-electron chi connectivity index (χ3n) is 6.11. The summed E-state index contributed by atoms with van der Waals surface area (Å²) in [5, 5.41) is 35.5. The van der Waals surface area contributed by atoms with Crippen LogP contribution in [0.15, 0.2) is 48.5 Å². The van der Waals surface area contributed by atoms with E-state index in [9.17, 15) is 32.7 Å². The van der Waals surface area contributed by atoms with E-state index in [4.69, 9.17) is 16.7 Å². The third kappa shape index (κ3) is 9.85. The van der Waals surface area contributed by atoms with Crippen LogP contribution in [0.3, 0.4) is 0 Å². The summed E-state index contributed by atoms with van der Waals surface area (Å²) in [5.74, 6) is -1.67. The molecule has 12 nitrogen and oxygen atoms in total. The number of aliphatic hydroxyl groups is 1. The van der Waals surface area contributed by atoms with Gasteiger partial charge in [0, 0.05) is 32.7 Å². The van der Waals surface area contributed by atoms with Crippen molar-refractivity contribution < 1.29 is 37.8 Å². The fourth-order valence-corrected chi connectivity index (χ4v) is 3.94. The van der Waals surface area contributed by atoms with Gasteiger partial charge in [0.1, 0.15) is 0 Å². The van der Waals surface area contributed by atoms with Crippen LogP contribution in [0.1, 0.15) is 57.2 Å². The summed E-state index contributed by atoms with van der Waals surface area (Å²) in [6, 6.07) is 10.6. The summed E-state index contributed by atoms with van der Waals surface area (Å²) in [6.07, 6.45) is -4.22. The highest BCUT2D eigenvalue weighted by Crippen LogP contribution is 2.32. The molecule has 0 aliphatic carbocycles. The summed E-state index contributed by atoms with van der Waals surface area (Å²) in [6.45, 7) is 4.78. The van der Waals surface area contributed by atoms with Crippen molar-refractivity contribution in [2.45, 2.75) is 32.0 Å². The van der Waals surface area contributed by atoms with Gasteiger partial charge in [0.2, 0.25) is 0 Å². The molecule has 1 aliphatic rings. The quantitative estimate of drug-likeness (QED) is 0.356. The van der Waals surface area contributed by atoms with Gasteiger partial charge in [0.05, 0.1) is 16.7 Å². The lowest BCUT2D eigenvalue weighted by molar-refractivity contribution is -0.138. The zero-order valence-corrected chi connectivity index (χ0v) is 23.9. The molecule has 0 saturated carbocycles. The van der Waals surface area contributed by atoms with Crippen LogP contribution in [-0.4, -0.2) is 91.6 Å². The number of halogens is 4. The smallest absolute Gasteiger partial charge is 0.417 e. The molecule has 0 unspecified atom stereocenters. The van der Waals surface area contributed by atoms with E-state index >= 15 is 0 Å². The van der Waals surface area contributed by atoms with Gasteiger partial charge in [-0.3, -0.25) is 9.59 Å². The second kappa shape index (κ2) is 14.2. The molecular formula is C27H29ClF3N7O5. The highest BCUT2D eigenvalue weighted by atomic mass is 35.5. The molecule has 0 radical (unpaired) electrons. The fourth-order valence-electron chi connectivity index (χ4n) is 3.84. The maximum absolute atomic E-state index is 13.2. The molecule has 0 atom stereocenters. The Morgan fingerprint density at radius 3 is 2.07 bits per heavy atom. The first-order valence-corrected chi connectivity index (χ1v) is 13.3. The molecule has 0 spiro atoms. The Kier molecular flexibility index (Phi) is 10.9. The molecule has 1 aliphatic heterocycles.